The van der Waals surface area contributed by atoms with Crippen molar-refractivity contribution < 1.29 is 14.7 Å². The van der Waals surface area contributed by atoms with Crippen molar-refractivity contribution in [1.29, 1.82) is 0 Å². The van der Waals surface area contributed by atoms with Gasteiger partial charge in [0.05, 0.1) is 0 Å². The van der Waals surface area contributed by atoms with Crippen LogP contribution in [0.5, 0.6) is 0 Å². The average Bonchev–Trinajstić information content (AvgIpc) is 2.37. The summed E-state index contributed by atoms with van der Waals surface area (Å²) in [6.07, 6.45) is 0.277. The lowest BCUT2D eigenvalue weighted by Crippen LogP contribution is -2.47. The molecule has 98 valence electrons. The lowest BCUT2D eigenvalue weighted by molar-refractivity contribution is -0.139. The van der Waals surface area contributed by atoms with Gasteiger partial charge >= 0.3 is 12.0 Å². The lowest BCUT2D eigenvalue weighted by Gasteiger charge is -2.20. The van der Waals surface area contributed by atoms with Gasteiger partial charge in [0, 0.05) is 20.0 Å². The van der Waals surface area contributed by atoms with Gasteiger partial charge in [-0.05, 0) is 12.5 Å². The van der Waals surface area contributed by atoms with Crippen LogP contribution >= 0.6 is 0 Å². The summed E-state index contributed by atoms with van der Waals surface area (Å²) in [5.41, 5.74) is 0.879. The number of urea groups is 1. The van der Waals surface area contributed by atoms with Crippen LogP contribution in [0.2, 0.25) is 0 Å². The van der Waals surface area contributed by atoms with Crippen LogP contribution < -0.4 is 5.32 Å². The fourth-order valence-electron chi connectivity index (χ4n) is 1.45. The first-order valence-electron chi connectivity index (χ1n) is 5.83. The monoisotopic (exact) mass is 250 g/mol. The van der Waals surface area contributed by atoms with Gasteiger partial charge in [-0.25, -0.2) is 9.59 Å². The quantitative estimate of drug-likeness (QED) is 0.828. The van der Waals surface area contributed by atoms with Gasteiger partial charge in [-0.3, -0.25) is 0 Å². The number of nitrogens with one attached hydrogen (secondary N) is 1. The third kappa shape index (κ3) is 4.08. The summed E-state index contributed by atoms with van der Waals surface area (Å²) < 4.78 is 0. The number of hydrogen-bond donors (Lipinski definition) is 2. The highest BCUT2D eigenvalue weighted by atomic mass is 16.4. The minimum Gasteiger partial charge on any atom is -0.480 e. The summed E-state index contributed by atoms with van der Waals surface area (Å²) in [4.78, 5) is 24.2. The highest BCUT2D eigenvalue weighted by Crippen LogP contribution is 2.04. The number of aliphatic carboxylic acids is 1. The molecule has 0 saturated heterocycles. The smallest absolute Gasteiger partial charge is 0.326 e. The van der Waals surface area contributed by atoms with Crippen LogP contribution in [0.15, 0.2) is 30.3 Å². The molecule has 0 fully saturated rings. The predicted octanol–water partition coefficient (Wildman–Crippen LogP) is 1.34. The number of carboxylic acid groups (broad SMARTS) is 1. The second-order valence-corrected chi connectivity index (χ2v) is 4.04. The molecule has 0 aliphatic rings. The fourth-order valence-corrected chi connectivity index (χ4v) is 1.45. The van der Waals surface area contributed by atoms with Crippen LogP contribution in [0, 0.1) is 0 Å². The van der Waals surface area contributed by atoms with E-state index in [1.54, 1.807) is 7.05 Å². The van der Waals surface area contributed by atoms with Gasteiger partial charge in [0.2, 0.25) is 0 Å². The van der Waals surface area contributed by atoms with E-state index in [-0.39, 0.29) is 12.5 Å². The molecule has 0 aliphatic heterocycles. The van der Waals surface area contributed by atoms with Crippen LogP contribution in [0.1, 0.15) is 12.5 Å². The zero-order valence-corrected chi connectivity index (χ0v) is 10.6. The molecule has 1 atom stereocenters. The molecule has 2 N–H and O–H groups in total. The first-order chi connectivity index (χ1) is 8.54. The molecule has 0 heterocycles. The zero-order chi connectivity index (χ0) is 13.5. The van der Waals surface area contributed by atoms with E-state index in [4.69, 9.17) is 5.11 Å². The van der Waals surface area contributed by atoms with Gasteiger partial charge in [-0.1, -0.05) is 30.3 Å². The van der Waals surface area contributed by atoms with E-state index in [0.717, 1.165) is 5.56 Å². The number of benzene rings is 1. The lowest BCUT2D eigenvalue weighted by atomic mass is 10.1. The van der Waals surface area contributed by atoms with Gasteiger partial charge in [0.25, 0.3) is 0 Å². The Morgan fingerprint density at radius 3 is 2.44 bits per heavy atom. The number of nitrogens with zero attached hydrogens (tertiary/aromatic N) is 1. The van der Waals surface area contributed by atoms with E-state index < -0.39 is 12.0 Å². The second kappa shape index (κ2) is 6.64. The molecule has 1 rings (SSSR count). The number of hydrogen-bond acceptors (Lipinski definition) is 2. The molecule has 5 nitrogen and oxygen atoms in total. The Kier molecular flexibility index (Phi) is 5.17. The molecule has 18 heavy (non-hydrogen) atoms. The summed E-state index contributed by atoms with van der Waals surface area (Å²) in [5, 5.41) is 11.6. The van der Waals surface area contributed by atoms with Gasteiger partial charge < -0.3 is 15.3 Å². The van der Waals surface area contributed by atoms with E-state index in [9.17, 15) is 9.59 Å². The molecular formula is C13H18N2O3. The van der Waals surface area contributed by atoms with Gasteiger partial charge in [0.15, 0.2) is 0 Å². The predicted molar refractivity (Wildman–Crippen MR) is 68.4 cm³/mol. The molecule has 0 bridgehead atoms. The van der Waals surface area contributed by atoms with Crippen molar-refractivity contribution in [2.45, 2.75) is 19.4 Å². The third-order valence-electron chi connectivity index (χ3n) is 2.70. The zero-order valence-electron chi connectivity index (χ0n) is 10.6. The van der Waals surface area contributed by atoms with E-state index >= 15 is 0 Å². The molecule has 1 aromatic carbocycles. The molecule has 5 heteroatoms. The molecule has 0 radical (unpaired) electrons. The third-order valence-corrected chi connectivity index (χ3v) is 2.70. The van der Waals surface area contributed by atoms with E-state index in [1.807, 2.05) is 37.3 Å². The van der Waals surface area contributed by atoms with Crippen molar-refractivity contribution in [3.63, 3.8) is 0 Å². The van der Waals surface area contributed by atoms with Crippen molar-refractivity contribution in [3.8, 4) is 0 Å². The van der Waals surface area contributed by atoms with E-state index in [0.29, 0.717) is 6.54 Å². The summed E-state index contributed by atoms with van der Waals surface area (Å²) >= 11 is 0. The molecule has 2 amide bonds. The standard InChI is InChI=1S/C13H18N2O3/c1-3-15(2)13(18)14-11(12(16)17)9-10-7-5-4-6-8-10/h4-8,11H,3,9H2,1-2H3,(H,14,18)(H,16,17)/t11-/m0/s1. The Hall–Kier alpha value is -2.04. The minimum atomic E-state index is -1.03. The first-order valence-corrected chi connectivity index (χ1v) is 5.83. The maximum Gasteiger partial charge on any atom is 0.326 e. The summed E-state index contributed by atoms with van der Waals surface area (Å²) in [6, 6.07) is 7.94. The summed E-state index contributed by atoms with van der Waals surface area (Å²) in [7, 11) is 1.62. The maximum atomic E-state index is 11.6. The van der Waals surface area contributed by atoms with E-state index in [2.05, 4.69) is 5.32 Å². The summed E-state index contributed by atoms with van der Waals surface area (Å²) in [5.74, 6) is -1.03. The minimum absolute atomic E-state index is 0.277. The maximum absolute atomic E-state index is 11.6. The van der Waals surface area contributed by atoms with Crippen LogP contribution in [-0.4, -0.2) is 41.6 Å². The molecule has 0 saturated carbocycles. The Morgan fingerprint density at radius 2 is 1.94 bits per heavy atom. The SMILES string of the molecule is CCN(C)C(=O)N[C@@H](Cc1ccccc1)C(=O)O. The Labute approximate surface area is 106 Å². The highest BCUT2D eigenvalue weighted by molar-refractivity contribution is 5.82. The molecule has 0 aromatic heterocycles. The molecule has 0 unspecified atom stereocenters. The van der Waals surface area contributed by atoms with Gasteiger partial charge in [-0.2, -0.15) is 0 Å². The van der Waals surface area contributed by atoms with Gasteiger partial charge in [-0.15, -0.1) is 0 Å². The number of carboxylic acids is 1. The van der Waals surface area contributed by atoms with Crippen molar-refractivity contribution in [3.05, 3.63) is 35.9 Å². The Balaban J connectivity index is 2.67. The van der Waals surface area contributed by atoms with Crippen LogP contribution in [0.25, 0.3) is 0 Å². The molecular weight excluding hydrogens is 232 g/mol. The molecule has 1 aromatic rings. The summed E-state index contributed by atoms with van der Waals surface area (Å²) in [6.45, 7) is 2.36. The highest BCUT2D eigenvalue weighted by Gasteiger charge is 2.21. The van der Waals surface area contributed by atoms with E-state index in [1.165, 1.54) is 4.90 Å². The molecule has 0 aliphatic carbocycles. The number of carbonyl (C=O) groups excluding carboxylic acids is 1. The molecule has 0 spiro atoms. The van der Waals surface area contributed by atoms with Crippen LogP contribution in [0.4, 0.5) is 4.79 Å². The number of rotatable bonds is 5. The normalized spacial score (nSPS) is 11.7. The van der Waals surface area contributed by atoms with Gasteiger partial charge in [0.1, 0.15) is 6.04 Å². The first kappa shape index (κ1) is 14.0. The largest absolute Gasteiger partial charge is 0.480 e. The average molecular weight is 250 g/mol. The van der Waals surface area contributed by atoms with Crippen LogP contribution in [-0.2, 0) is 11.2 Å². The number of amides is 2. The van der Waals surface area contributed by atoms with Crippen molar-refractivity contribution in [2.24, 2.45) is 0 Å². The fraction of sp³-hybridized carbons (Fsp3) is 0.385. The second-order valence-electron chi connectivity index (χ2n) is 4.04. The number of carbonyl (C=O) groups is 2. The van der Waals surface area contributed by atoms with Crippen LogP contribution in [0.3, 0.4) is 0 Å². The van der Waals surface area contributed by atoms with Crippen molar-refractivity contribution in [1.82, 2.24) is 10.2 Å². The topological polar surface area (TPSA) is 69.6 Å². The Morgan fingerprint density at radius 1 is 1.33 bits per heavy atom. The van der Waals surface area contributed by atoms with Crippen molar-refractivity contribution in [2.75, 3.05) is 13.6 Å². The van der Waals surface area contributed by atoms with Crippen molar-refractivity contribution >= 4 is 12.0 Å². The Bertz CT molecular complexity index is 406.